The monoisotopic (exact) mass is 502 g/mol. The fraction of sp³-hybridized carbons (Fsp3) is 0.545. The number of aromatic nitrogens is 1. The maximum absolute atomic E-state index is 12.3. The molecule has 1 saturated heterocycles. The molecule has 0 bridgehead atoms. The molecule has 1 aliphatic heterocycles. The van der Waals surface area contributed by atoms with Gasteiger partial charge < -0.3 is 14.6 Å². The summed E-state index contributed by atoms with van der Waals surface area (Å²) in [4.78, 5) is 18.4. The van der Waals surface area contributed by atoms with Crippen LogP contribution in [-0.4, -0.2) is 35.5 Å². The second kappa shape index (κ2) is 15.0. The number of hydrogen-bond donors (Lipinski definition) is 1. The molecule has 37 heavy (non-hydrogen) atoms. The minimum absolute atomic E-state index is 0.110. The molecule has 0 radical (unpaired) electrons. The van der Waals surface area contributed by atoms with E-state index in [4.69, 9.17) is 4.74 Å². The highest BCUT2D eigenvalue weighted by atomic mass is 16.5. The first-order chi connectivity index (χ1) is 18.2. The van der Waals surface area contributed by atoms with Crippen LogP contribution in [0.4, 0.5) is 0 Å². The summed E-state index contributed by atoms with van der Waals surface area (Å²) in [6, 6.07) is 17.0. The maximum Gasteiger partial charge on any atom is 0.311 e. The fourth-order valence-electron chi connectivity index (χ4n) is 5.70. The molecule has 4 heteroatoms. The quantitative estimate of drug-likeness (QED) is 0.129. The van der Waals surface area contributed by atoms with E-state index in [9.17, 15) is 4.79 Å². The van der Waals surface area contributed by atoms with Crippen molar-refractivity contribution in [2.75, 3.05) is 19.6 Å². The lowest BCUT2D eigenvalue weighted by molar-refractivity contribution is -0.134. The Balaban J connectivity index is 1.15. The SMILES string of the molecule is CCCCCCCCCC(=O)Oc1ccc2[nH]cc(CCCCN3CCC(c4ccccc4)CC3)c2c1. The predicted octanol–water partition coefficient (Wildman–Crippen LogP) is 8.42. The van der Waals surface area contributed by atoms with Crippen LogP contribution in [0.2, 0.25) is 0 Å². The van der Waals surface area contributed by atoms with Crippen LogP contribution in [0.25, 0.3) is 10.9 Å². The van der Waals surface area contributed by atoms with E-state index < -0.39 is 0 Å². The summed E-state index contributed by atoms with van der Waals surface area (Å²) in [7, 11) is 0. The number of H-pyrrole nitrogens is 1. The molecule has 1 fully saturated rings. The van der Waals surface area contributed by atoms with E-state index >= 15 is 0 Å². The minimum atomic E-state index is -0.110. The number of aryl methyl sites for hydroxylation is 1. The van der Waals surface area contributed by atoms with Gasteiger partial charge in [-0.3, -0.25) is 4.79 Å². The van der Waals surface area contributed by atoms with Gasteiger partial charge in [-0.15, -0.1) is 0 Å². The van der Waals surface area contributed by atoms with Gasteiger partial charge in [0, 0.05) is 23.5 Å². The number of piperidine rings is 1. The summed E-state index contributed by atoms with van der Waals surface area (Å²) in [5.41, 5.74) is 3.94. The van der Waals surface area contributed by atoms with Gasteiger partial charge in [0.2, 0.25) is 0 Å². The van der Waals surface area contributed by atoms with Crippen LogP contribution in [0, 0.1) is 0 Å². The number of nitrogens with one attached hydrogen (secondary N) is 1. The maximum atomic E-state index is 12.3. The second-order valence-corrected chi connectivity index (χ2v) is 10.9. The van der Waals surface area contributed by atoms with Gasteiger partial charge in [-0.05, 0) is 93.4 Å². The molecule has 1 N–H and O–H groups in total. The number of likely N-dealkylation sites (tertiary alicyclic amines) is 1. The largest absolute Gasteiger partial charge is 0.427 e. The Kier molecular flexibility index (Phi) is 11.1. The van der Waals surface area contributed by atoms with Crippen molar-refractivity contribution in [3.8, 4) is 5.75 Å². The molecular formula is C33H46N2O2. The van der Waals surface area contributed by atoms with Crippen LogP contribution in [0.15, 0.2) is 54.7 Å². The van der Waals surface area contributed by atoms with Crippen LogP contribution in [0.3, 0.4) is 0 Å². The number of nitrogens with zero attached hydrogens (tertiary/aromatic N) is 1. The van der Waals surface area contributed by atoms with Crippen molar-refractivity contribution in [1.29, 1.82) is 0 Å². The van der Waals surface area contributed by atoms with E-state index in [1.807, 2.05) is 18.2 Å². The number of rotatable bonds is 15. The van der Waals surface area contributed by atoms with E-state index in [1.165, 1.54) is 93.9 Å². The zero-order valence-corrected chi connectivity index (χ0v) is 22.9. The van der Waals surface area contributed by atoms with E-state index in [-0.39, 0.29) is 5.97 Å². The molecule has 0 spiro atoms. The summed E-state index contributed by atoms with van der Waals surface area (Å²) in [5, 5.41) is 1.19. The molecule has 0 saturated carbocycles. The van der Waals surface area contributed by atoms with Gasteiger partial charge in [-0.1, -0.05) is 75.8 Å². The predicted molar refractivity (Wildman–Crippen MR) is 154 cm³/mol. The van der Waals surface area contributed by atoms with Crippen molar-refractivity contribution in [1.82, 2.24) is 9.88 Å². The standard InChI is InChI=1S/C33H46N2O2/c1-2-3-4-5-6-7-11-17-33(36)37-30-18-19-32-31(25-30)29(26-34-32)16-12-13-22-35-23-20-28(21-24-35)27-14-9-8-10-15-27/h8-10,14-15,18-19,25-26,28,34H,2-7,11-13,16-17,20-24H2,1H3. The van der Waals surface area contributed by atoms with Gasteiger partial charge in [0.15, 0.2) is 0 Å². The van der Waals surface area contributed by atoms with Gasteiger partial charge in [0.25, 0.3) is 0 Å². The Morgan fingerprint density at radius 2 is 1.68 bits per heavy atom. The Bertz CT molecular complexity index is 1070. The van der Waals surface area contributed by atoms with Crippen LogP contribution in [0.1, 0.15) is 101 Å². The third-order valence-corrected chi connectivity index (χ3v) is 7.98. The molecule has 3 aromatic rings. The number of aromatic amines is 1. The van der Waals surface area contributed by atoms with Gasteiger partial charge in [0.05, 0.1) is 0 Å². The average Bonchev–Trinajstić information content (AvgIpc) is 3.33. The summed E-state index contributed by atoms with van der Waals surface area (Å²) in [5.74, 6) is 1.28. The Labute approximate surface area is 223 Å². The van der Waals surface area contributed by atoms with E-state index in [2.05, 4.69) is 53.3 Å². The van der Waals surface area contributed by atoms with E-state index in [1.54, 1.807) is 0 Å². The number of esters is 1. The first-order valence-electron chi connectivity index (χ1n) is 14.8. The molecule has 0 unspecified atom stereocenters. The van der Waals surface area contributed by atoms with Crippen molar-refractivity contribution < 1.29 is 9.53 Å². The third kappa shape index (κ3) is 8.74. The van der Waals surface area contributed by atoms with Gasteiger partial charge in [-0.2, -0.15) is 0 Å². The number of ether oxygens (including phenoxy) is 1. The number of benzene rings is 2. The Morgan fingerprint density at radius 3 is 2.46 bits per heavy atom. The summed E-state index contributed by atoms with van der Waals surface area (Å²) >= 11 is 0. The summed E-state index contributed by atoms with van der Waals surface area (Å²) < 4.78 is 5.68. The smallest absolute Gasteiger partial charge is 0.311 e. The van der Waals surface area contributed by atoms with Crippen molar-refractivity contribution in [3.63, 3.8) is 0 Å². The Hall–Kier alpha value is -2.59. The highest BCUT2D eigenvalue weighted by molar-refractivity contribution is 5.85. The lowest BCUT2D eigenvalue weighted by Crippen LogP contribution is -2.33. The lowest BCUT2D eigenvalue weighted by Gasteiger charge is -2.32. The van der Waals surface area contributed by atoms with Crippen LogP contribution >= 0.6 is 0 Å². The molecule has 200 valence electrons. The molecule has 0 amide bonds. The Morgan fingerprint density at radius 1 is 0.919 bits per heavy atom. The zero-order chi connectivity index (χ0) is 25.7. The summed E-state index contributed by atoms with van der Waals surface area (Å²) in [6.07, 6.45) is 17.1. The lowest BCUT2D eigenvalue weighted by atomic mass is 9.89. The normalized spacial score (nSPS) is 14.8. The van der Waals surface area contributed by atoms with Crippen LogP contribution < -0.4 is 4.74 Å². The molecule has 2 heterocycles. The van der Waals surface area contributed by atoms with Crippen molar-refractivity contribution >= 4 is 16.9 Å². The van der Waals surface area contributed by atoms with Gasteiger partial charge in [0.1, 0.15) is 5.75 Å². The number of carbonyl (C=O) groups is 1. The molecule has 2 aromatic carbocycles. The first-order valence-corrected chi connectivity index (χ1v) is 14.8. The van der Waals surface area contributed by atoms with E-state index in [0.717, 1.165) is 30.7 Å². The van der Waals surface area contributed by atoms with Crippen LogP contribution in [0.5, 0.6) is 5.75 Å². The number of hydrogen-bond acceptors (Lipinski definition) is 3. The van der Waals surface area contributed by atoms with Crippen molar-refractivity contribution in [2.24, 2.45) is 0 Å². The molecule has 0 aliphatic carbocycles. The number of carbonyl (C=O) groups excluding carboxylic acids is 1. The van der Waals surface area contributed by atoms with E-state index in [0.29, 0.717) is 12.2 Å². The second-order valence-electron chi connectivity index (χ2n) is 10.9. The molecule has 1 aromatic heterocycles. The number of unbranched alkanes of at least 4 members (excludes halogenated alkanes) is 7. The molecular weight excluding hydrogens is 456 g/mol. The van der Waals surface area contributed by atoms with Gasteiger partial charge in [-0.25, -0.2) is 0 Å². The minimum Gasteiger partial charge on any atom is -0.427 e. The van der Waals surface area contributed by atoms with Crippen molar-refractivity contribution in [2.45, 2.75) is 96.3 Å². The van der Waals surface area contributed by atoms with Gasteiger partial charge >= 0.3 is 5.97 Å². The highest BCUT2D eigenvalue weighted by Gasteiger charge is 2.20. The zero-order valence-electron chi connectivity index (χ0n) is 22.9. The van der Waals surface area contributed by atoms with Crippen molar-refractivity contribution in [3.05, 3.63) is 65.9 Å². The average molecular weight is 503 g/mol. The number of fused-ring (bicyclic) bond motifs is 1. The first kappa shape index (κ1) is 27.4. The topological polar surface area (TPSA) is 45.3 Å². The molecule has 0 atom stereocenters. The third-order valence-electron chi connectivity index (χ3n) is 7.98. The summed E-state index contributed by atoms with van der Waals surface area (Å²) in [6.45, 7) is 5.84. The molecule has 4 nitrogen and oxygen atoms in total. The fourth-order valence-corrected chi connectivity index (χ4v) is 5.70. The molecule has 4 rings (SSSR count). The molecule has 1 aliphatic rings. The van der Waals surface area contributed by atoms with Crippen LogP contribution in [-0.2, 0) is 11.2 Å². The highest BCUT2D eigenvalue weighted by Crippen LogP contribution is 2.28.